The second-order valence-corrected chi connectivity index (χ2v) is 8.08. The predicted octanol–water partition coefficient (Wildman–Crippen LogP) is 2.01. The predicted molar refractivity (Wildman–Crippen MR) is 102 cm³/mol. The van der Waals surface area contributed by atoms with Gasteiger partial charge in [0.05, 0.1) is 13.1 Å². The Bertz CT molecular complexity index is 762. The Hall–Kier alpha value is -2.57. The zero-order valence-corrected chi connectivity index (χ0v) is 16.3. The summed E-state index contributed by atoms with van der Waals surface area (Å²) in [4.78, 5) is 43.1. The molecule has 28 heavy (non-hydrogen) atoms. The lowest BCUT2D eigenvalue weighted by Gasteiger charge is -2.51. The highest BCUT2D eigenvalue weighted by Gasteiger charge is 2.62. The van der Waals surface area contributed by atoms with Gasteiger partial charge in [-0.3, -0.25) is 14.5 Å². The van der Waals surface area contributed by atoms with Crippen molar-refractivity contribution in [1.29, 1.82) is 0 Å². The maximum atomic E-state index is 13.0. The van der Waals surface area contributed by atoms with Gasteiger partial charge < -0.3 is 14.5 Å². The van der Waals surface area contributed by atoms with E-state index in [4.69, 9.17) is 4.74 Å². The Morgan fingerprint density at radius 2 is 1.89 bits per heavy atom. The van der Waals surface area contributed by atoms with E-state index in [9.17, 15) is 14.4 Å². The zero-order valence-electron chi connectivity index (χ0n) is 16.3. The van der Waals surface area contributed by atoms with Crippen LogP contribution in [0.1, 0.15) is 38.2 Å². The van der Waals surface area contributed by atoms with Crippen molar-refractivity contribution in [2.45, 2.75) is 50.8 Å². The van der Waals surface area contributed by atoms with Crippen molar-refractivity contribution in [2.75, 3.05) is 26.2 Å². The van der Waals surface area contributed by atoms with Crippen LogP contribution >= 0.6 is 0 Å². The average Bonchev–Trinajstić information content (AvgIpc) is 3.36. The van der Waals surface area contributed by atoms with Crippen LogP contribution in [0.15, 0.2) is 30.3 Å². The molecule has 1 spiro atoms. The van der Waals surface area contributed by atoms with E-state index in [0.717, 1.165) is 37.9 Å². The van der Waals surface area contributed by atoms with E-state index in [1.54, 1.807) is 9.80 Å². The lowest BCUT2D eigenvalue weighted by Crippen LogP contribution is -2.74. The number of amides is 3. The highest BCUT2D eigenvalue weighted by molar-refractivity contribution is 5.98. The summed E-state index contributed by atoms with van der Waals surface area (Å²) in [6, 6.07) is 9.45. The van der Waals surface area contributed by atoms with Gasteiger partial charge in [0.1, 0.15) is 12.1 Å². The van der Waals surface area contributed by atoms with Crippen LogP contribution in [0.25, 0.3) is 0 Å². The largest absolute Gasteiger partial charge is 0.445 e. The van der Waals surface area contributed by atoms with Gasteiger partial charge in [0, 0.05) is 19.1 Å². The molecule has 3 amide bonds. The monoisotopic (exact) mass is 385 g/mol. The number of benzene rings is 1. The number of nitrogens with zero attached hydrogens (tertiary/aromatic N) is 3. The second kappa shape index (κ2) is 7.45. The number of hydrogen-bond acceptors (Lipinski definition) is 4. The van der Waals surface area contributed by atoms with E-state index in [1.165, 1.54) is 0 Å². The number of carbonyl (C=O) groups is 3. The molecular formula is C21H27N3O4. The molecule has 150 valence electrons. The molecule has 1 aromatic carbocycles. The normalized spacial score (nSPS) is 26.7. The van der Waals surface area contributed by atoms with E-state index >= 15 is 0 Å². The average molecular weight is 385 g/mol. The lowest BCUT2D eigenvalue weighted by molar-refractivity contribution is -0.164. The molecule has 3 fully saturated rings. The van der Waals surface area contributed by atoms with E-state index in [1.807, 2.05) is 42.2 Å². The minimum atomic E-state index is -0.835. The summed E-state index contributed by atoms with van der Waals surface area (Å²) in [6.07, 6.45) is 3.00. The Kier molecular flexibility index (Phi) is 5.00. The van der Waals surface area contributed by atoms with Crippen molar-refractivity contribution < 1.29 is 19.1 Å². The topological polar surface area (TPSA) is 70.2 Å². The van der Waals surface area contributed by atoms with Gasteiger partial charge in [-0.1, -0.05) is 30.3 Å². The molecule has 2 atom stereocenters. The molecule has 1 aromatic rings. The van der Waals surface area contributed by atoms with Gasteiger partial charge in [-0.15, -0.1) is 0 Å². The number of hydrogen-bond donors (Lipinski definition) is 0. The van der Waals surface area contributed by atoms with Gasteiger partial charge in [-0.2, -0.15) is 0 Å². The first kappa shape index (κ1) is 18.8. The first-order chi connectivity index (χ1) is 13.5. The minimum Gasteiger partial charge on any atom is -0.445 e. The molecule has 0 saturated carbocycles. The Balaban J connectivity index is 1.38. The van der Waals surface area contributed by atoms with E-state index < -0.39 is 11.6 Å². The first-order valence-electron chi connectivity index (χ1n) is 10.1. The van der Waals surface area contributed by atoms with Crippen LogP contribution in [0.5, 0.6) is 0 Å². The molecule has 4 rings (SSSR count). The number of carbonyl (C=O) groups excluding carboxylic acids is 3. The minimum absolute atomic E-state index is 0.00458. The molecule has 0 N–H and O–H groups in total. The summed E-state index contributed by atoms with van der Waals surface area (Å²) in [6.45, 7) is 4.22. The quantitative estimate of drug-likeness (QED) is 0.744. The molecule has 0 aliphatic carbocycles. The number of likely N-dealkylation sites (tertiary alicyclic amines) is 3. The Labute approximate surface area is 165 Å². The maximum absolute atomic E-state index is 13.0. The molecule has 3 aliphatic rings. The third-order valence-electron chi connectivity index (χ3n) is 6.20. The van der Waals surface area contributed by atoms with Crippen molar-refractivity contribution in [3.05, 3.63) is 35.9 Å². The number of ether oxygens (including phenoxy) is 1. The van der Waals surface area contributed by atoms with Crippen LogP contribution in [0.4, 0.5) is 4.79 Å². The summed E-state index contributed by atoms with van der Waals surface area (Å²) in [5.41, 5.74) is 0.0768. The molecule has 7 nitrogen and oxygen atoms in total. The highest BCUT2D eigenvalue weighted by atomic mass is 16.6. The van der Waals surface area contributed by atoms with E-state index in [2.05, 4.69) is 0 Å². The van der Waals surface area contributed by atoms with E-state index in [0.29, 0.717) is 13.0 Å². The van der Waals surface area contributed by atoms with Crippen molar-refractivity contribution in [3.63, 3.8) is 0 Å². The highest BCUT2D eigenvalue weighted by Crippen LogP contribution is 2.42. The molecule has 3 saturated heterocycles. The van der Waals surface area contributed by atoms with Crippen molar-refractivity contribution in [1.82, 2.24) is 14.7 Å². The molecule has 3 aliphatic heterocycles. The maximum Gasteiger partial charge on any atom is 0.411 e. The number of rotatable bonds is 4. The molecule has 0 bridgehead atoms. The van der Waals surface area contributed by atoms with Gasteiger partial charge in [0.15, 0.2) is 0 Å². The molecule has 3 heterocycles. The third kappa shape index (κ3) is 3.23. The van der Waals surface area contributed by atoms with Gasteiger partial charge in [0.25, 0.3) is 5.91 Å². The van der Waals surface area contributed by atoms with Gasteiger partial charge in [-0.05, 0) is 38.2 Å². The van der Waals surface area contributed by atoms with Gasteiger partial charge in [0.2, 0.25) is 5.91 Å². The summed E-state index contributed by atoms with van der Waals surface area (Å²) in [7, 11) is 0. The Morgan fingerprint density at radius 3 is 2.57 bits per heavy atom. The fourth-order valence-corrected chi connectivity index (χ4v) is 4.64. The fraction of sp³-hybridized carbons (Fsp3) is 0.571. The first-order valence-corrected chi connectivity index (χ1v) is 10.1. The number of β-lactam (4-membered cyclic amide) rings is 1. The van der Waals surface area contributed by atoms with Crippen LogP contribution in [-0.2, 0) is 20.9 Å². The lowest BCUT2D eigenvalue weighted by atomic mass is 9.85. The van der Waals surface area contributed by atoms with Crippen molar-refractivity contribution in [3.8, 4) is 0 Å². The molecule has 7 heteroatoms. The van der Waals surface area contributed by atoms with Gasteiger partial charge >= 0.3 is 6.09 Å². The Morgan fingerprint density at radius 1 is 1.18 bits per heavy atom. The smallest absolute Gasteiger partial charge is 0.411 e. The summed E-state index contributed by atoms with van der Waals surface area (Å²) >= 11 is 0. The molecular weight excluding hydrogens is 358 g/mol. The standard InChI is InChI=1S/C21H27N3O4/c1-16-9-10-21(24(16)20(27)28-14-17-7-3-2-4-8-17)15-23(19(21)26)13-18(25)22-11-5-6-12-22/h2-4,7-8,16H,5-6,9-15H2,1H3. The summed E-state index contributed by atoms with van der Waals surface area (Å²) in [5, 5.41) is 0. The van der Waals surface area contributed by atoms with Crippen LogP contribution in [0.3, 0.4) is 0 Å². The summed E-state index contributed by atoms with van der Waals surface area (Å²) in [5.74, 6) is -0.119. The summed E-state index contributed by atoms with van der Waals surface area (Å²) < 4.78 is 5.50. The van der Waals surface area contributed by atoms with E-state index in [-0.39, 0.29) is 31.0 Å². The van der Waals surface area contributed by atoms with Crippen molar-refractivity contribution in [2.24, 2.45) is 0 Å². The van der Waals surface area contributed by atoms with Gasteiger partial charge in [-0.25, -0.2) is 4.79 Å². The van der Waals surface area contributed by atoms with Crippen LogP contribution in [0.2, 0.25) is 0 Å². The molecule has 0 radical (unpaired) electrons. The second-order valence-electron chi connectivity index (χ2n) is 8.08. The fourth-order valence-electron chi connectivity index (χ4n) is 4.64. The zero-order chi connectivity index (χ0) is 19.7. The SMILES string of the molecule is CC1CCC2(CN(CC(=O)N3CCCC3)C2=O)N1C(=O)OCc1ccccc1. The third-order valence-corrected chi connectivity index (χ3v) is 6.20. The van der Waals surface area contributed by atoms with Crippen LogP contribution < -0.4 is 0 Å². The molecule has 2 unspecified atom stereocenters. The van der Waals surface area contributed by atoms with Crippen LogP contribution in [-0.4, -0.2) is 70.4 Å². The van der Waals surface area contributed by atoms with Crippen molar-refractivity contribution >= 4 is 17.9 Å². The van der Waals surface area contributed by atoms with Crippen LogP contribution in [0, 0.1) is 0 Å². The molecule has 0 aromatic heterocycles.